The van der Waals surface area contributed by atoms with Gasteiger partial charge >= 0.3 is 0 Å². The van der Waals surface area contributed by atoms with Gasteiger partial charge in [0.2, 0.25) is 0 Å². The second-order valence-electron chi connectivity index (χ2n) is 4.90. The van der Waals surface area contributed by atoms with Crippen molar-refractivity contribution in [2.45, 2.75) is 13.0 Å². The van der Waals surface area contributed by atoms with Crippen molar-refractivity contribution in [2.75, 3.05) is 39.3 Å². The first-order valence-corrected chi connectivity index (χ1v) is 7.07. The van der Waals surface area contributed by atoms with E-state index in [-0.39, 0.29) is 12.4 Å². The molecule has 2 rings (SSSR count). The molecule has 1 fully saturated rings. The van der Waals surface area contributed by atoms with Crippen LogP contribution in [-0.2, 0) is 6.54 Å². The highest BCUT2D eigenvalue weighted by molar-refractivity contribution is 6.31. The number of halogens is 2. The number of nitrogens with zero attached hydrogens (tertiary/aromatic N) is 2. The summed E-state index contributed by atoms with van der Waals surface area (Å²) in [4.78, 5) is 4.55. The van der Waals surface area contributed by atoms with Gasteiger partial charge in [-0.2, -0.15) is 0 Å². The minimum atomic E-state index is -0.227. The summed E-state index contributed by atoms with van der Waals surface area (Å²) in [5.41, 5.74) is 0.591. The van der Waals surface area contributed by atoms with Gasteiger partial charge in [-0.15, -0.1) is 0 Å². The second kappa shape index (κ2) is 7.20. The SMILES string of the molecule is OCCCN1CCN(Cc2c(F)cccc2Cl)CC1. The monoisotopic (exact) mass is 286 g/mol. The van der Waals surface area contributed by atoms with Crippen LogP contribution in [0.1, 0.15) is 12.0 Å². The fraction of sp³-hybridized carbons (Fsp3) is 0.571. The number of hydrogen-bond donors (Lipinski definition) is 1. The van der Waals surface area contributed by atoms with Gasteiger partial charge in [-0.3, -0.25) is 4.90 Å². The Balaban J connectivity index is 1.85. The highest BCUT2D eigenvalue weighted by Crippen LogP contribution is 2.21. The van der Waals surface area contributed by atoms with E-state index in [1.54, 1.807) is 12.1 Å². The van der Waals surface area contributed by atoms with Crippen molar-refractivity contribution in [1.82, 2.24) is 9.80 Å². The molecule has 0 atom stereocenters. The summed E-state index contributed by atoms with van der Waals surface area (Å²) in [5.74, 6) is -0.227. The summed E-state index contributed by atoms with van der Waals surface area (Å²) >= 11 is 6.04. The summed E-state index contributed by atoms with van der Waals surface area (Å²) in [6.45, 7) is 5.50. The van der Waals surface area contributed by atoms with Crippen LogP contribution in [0.4, 0.5) is 4.39 Å². The van der Waals surface area contributed by atoms with Gasteiger partial charge in [0.05, 0.1) is 0 Å². The molecule has 0 saturated carbocycles. The first-order valence-electron chi connectivity index (χ1n) is 6.69. The number of rotatable bonds is 5. The molecule has 1 aromatic rings. The second-order valence-corrected chi connectivity index (χ2v) is 5.30. The number of benzene rings is 1. The molecule has 0 radical (unpaired) electrons. The van der Waals surface area contributed by atoms with Crippen molar-refractivity contribution in [1.29, 1.82) is 0 Å². The standard InChI is InChI=1S/C14H20ClFN2O/c15-13-3-1-4-14(16)12(13)11-18-8-6-17(7-9-18)5-2-10-19/h1,3-4,19H,2,5-11H2. The zero-order chi connectivity index (χ0) is 13.7. The van der Waals surface area contributed by atoms with Gasteiger partial charge in [-0.05, 0) is 18.6 Å². The topological polar surface area (TPSA) is 26.7 Å². The quantitative estimate of drug-likeness (QED) is 0.897. The van der Waals surface area contributed by atoms with Crippen LogP contribution in [0.2, 0.25) is 5.02 Å². The predicted molar refractivity (Wildman–Crippen MR) is 74.8 cm³/mol. The Bertz CT molecular complexity index is 388. The maximum atomic E-state index is 13.7. The Morgan fingerprint density at radius 3 is 2.47 bits per heavy atom. The highest BCUT2D eigenvalue weighted by atomic mass is 35.5. The molecular weight excluding hydrogens is 267 g/mol. The van der Waals surface area contributed by atoms with Crippen LogP contribution in [0.25, 0.3) is 0 Å². The first kappa shape index (κ1) is 14.7. The molecule has 1 N–H and O–H groups in total. The molecule has 1 saturated heterocycles. The molecule has 0 spiro atoms. The van der Waals surface area contributed by atoms with E-state index in [1.807, 2.05) is 0 Å². The van der Waals surface area contributed by atoms with Crippen LogP contribution in [0.5, 0.6) is 0 Å². The van der Waals surface area contributed by atoms with Crippen LogP contribution in [-0.4, -0.2) is 54.2 Å². The average Bonchev–Trinajstić information content (AvgIpc) is 2.42. The number of aliphatic hydroxyl groups excluding tert-OH is 1. The molecule has 5 heteroatoms. The Morgan fingerprint density at radius 2 is 1.84 bits per heavy atom. The molecule has 19 heavy (non-hydrogen) atoms. The number of aliphatic hydroxyl groups is 1. The van der Waals surface area contributed by atoms with E-state index in [9.17, 15) is 4.39 Å². The Kier molecular flexibility index (Phi) is 5.58. The number of hydrogen-bond acceptors (Lipinski definition) is 3. The summed E-state index contributed by atoms with van der Waals surface area (Å²) in [5, 5.41) is 9.31. The summed E-state index contributed by atoms with van der Waals surface area (Å²) in [6.07, 6.45) is 0.819. The van der Waals surface area contributed by atoms with Gasteiger partial charge in [-0.1, -0.05) is 17.7 Å². The van der Waals surface area contributed by atoms with Crippen LogP contribution in [0.3, 0.4) is 0 Å². The average molecular weight is 287 g/mol. The third kappa shape index (κ3) is 4.14. The van der Waals surface area contributed by atoms with Gasteiger partial charge in [-0.25, -0.2) is 4.39 Å². The minimum Gasteiger partial charge on any atom is -0.396 e. The van der Waals surface area contributed by atoms with Crippen molar-refractivity contribution in [3.8, 4) is 0 Å². The molecule has 1 aliphatic rings. The largest absolute Gasteiger partial charge is 0.396 e. The maximum absolute atomic E-state index is 13.7. The lowest BCUT2D eigenvalue weighted by atomic mass is 10.2. The zero-order valence-electron chi connectivity index (χ0n) is 11.0. The van der Waals surface area contributed by atoms with Gasteiger partial charge < -0.3 is 10.0 Å². The molecular formula is C14H20ClFN2O. The van der Waals surface area contributed by atoms with E-state index in [0.717, 1.165) is 39.1 Å². The molecule has 0 aromatic heterocycles. The van der Waals surface area contributed by atoms with Crippen molar-refractivity contribution in [3.05, 3.63) is 34.6 Å². The van der Waals surface area contributed by atoms with E-state index in [1.165, 1.54) is 6.07 Å². The van der Waals surface area contributed by atoms with Crippen molar-refractivity contribution in [3.63, 3.8) is 0 Å². The van der Waals surface area contributed by atoms with Crippen LogP contribution in [0, 0.1) is 5.82 Å². The summed E-state index contributed by atoms with van der Waals surface area (Å²) in [7, 11) is 0. The van der Waals surface area contributed by atoms with Crippen molar-refractivity contribution < 1.29 is 9.50 Å². The lowest BCUT2D eigenvalue weighted by molar-refractivity contribution is 0.119. The zero-order valence-corrected chi connectivity index (χ0v) is 11.7. The molecule has 0 aliphatic carbocycles. The van der Waals surface area contributed by atoms with E-state index in [0.29, 0.717) is 17.1 Å². The Labute approximate surface area is 118 Å². The summed E-state index contributed by atoms with van der Waals surface area (Å²) in [6, 6.07) is 4.82. The van der Waals surface area contributed by atoms with Gasteiger partial charge in [0, 0.05) is 56.5 Å². The lowest BCUT2D eigenvalue weighted by Crippen LogP contribution is -2.46. The van der Waals surface area contributed by atoms with Crippen LogP contribution in [0.15, 0.2) is 18.2 Å². The fourth-order valence-corrected chi connectivity index (χ4v) is 2.60. The molecule has 0 unspecified atom stereocenters. The van der Waals surface area contributed by atoms with Gasteiger partial charge in [0.25, 0.3) is 0 Å². The van der Waals surface area contributed by atoms with Crippen LogP contribution < -0.4 is 0 Å². The molecule has 0 bridgehead atoms. The van der Waals surface area contributed by atoms with E-state index >= 15 is 0 Å². The predicted octanol–water partition coefficient (Wildman–Crippen LogP) is 1.98. The molecule has 3 nitrogen and oxygen atoms in total. The maximum Gasteiger partial charge on any atom is 0.129 e. The van der Waals surface area contributed by atoms with Gasteiger partial charge in [0.15, 0.2) is 0 Å². The summed E-state index contributed by atoms with van der Waals surface area (Å²) < 4.78 is 13.7. The third-order valence-electron chi connectivity index (χ3n) is 3.54. The molecule has 106 valence electrons. The Hall–Kier alpha value is -0.680. The Morgan fingerprint density at radius 1 is 1.16 bits per heavy atom. The number of piperazine rings is 1. The van der Waals surface area contributed by atoms with E-state index in [4.69, 9.17) is 16.7 Å². The highest BCUT2D eigenvalue weighted by Gasteiger charge is 2.18. The fourth-order valence-electron chi connectivity index (χ4n) is 2.37. The smallest absolute Gasteiger partial charge is 0.129 e. The van der Waals surface area contributed by atoms with E-state index in [2.05, 4.69) is 9.80 Å². The minimum absolute atomic E-state index is 0.227. The lowest BCUT2D eigenvalue weighted by Gasteiger charge is -2.34. The molecule has 1 aromatic carbocycles. The van der Waals surface area contributed by atoms with Crippen LogP contribution >= 0.6 is 11.6 Å². The molecule has 1 aliphatic heterocycles. The van der Waals surface area contributed by atoms with Crippen molar-refractivity contribution in [2.24, 2.45) is 0 Å². The molecule has 0 amide bonds. The first-order chi connectivity index (χ1) is 9.20. The third-order valence-corrected chi connectivity index (χ3v) is 3.89. The van der Waals surface area contributed by atoms with E-state index < -0.39 is 0 Å². The molecule has 1 heterocycles. The van der Waals surface area contributed by atoms with Crippen molar-refractivity contribution >= 4 is 11.6 Å². The van der Waals surface area contributed by atoms with Gasteiger partial charge in [0.1, 0.15) is 5.82 Å². The normalized spacial score (nSPS) is 17.8.